The van der Waals surface area contributed by atoms with Crippen molar-refractivity contribution in [2.24, 2.45) is 0 Å². The van der Waals surface area contributed by atoms with E-state index in [0.717, 1.165) is 22.9 Å². The van der Waals surface area contributed by atoms with Gasteiger partial charge in [0.25, 0.3) is 0 Å². The van der Waals surface area contributed by atoms with Gasteiger partial charge in [-0.05, 0) is 37.1 Å². The Morgan fingerprint density at radius 2 is 1.73 bits per heavy atom. The Balaban J connectivity index is 2.07. The molecule has 0 atom stereocenters. The van der Waals surface area contributed by atoms with E-state index >= 15 is 0 Å². The van der Waals surface area contributed by atoms with E-state index in [9.17, 15) is 0 Å². The molecule has 1 N–H and O–H groups in total. The Kier molecular flexibility index (Phi) is 7.32. The summed E-state index contributed by atoms with van der Waals surface area (Å²) in [5.41, 5.74) is 1.35. The van der Waals surface area contributed by atoms with Crippen LogP contribution in [0.15, 0.2) is 28.7 Å². The maximum Gasteiger partial charge on any atom is 0.0205 e. The second-order valence-electron chi connectivity index (χ2n) is 3.55. The molecular weight excluding hydrogens is 318 g/mol. The van der Waals surface area contributed by atoms with Crippen LogP contribution in [0.25, 0.3) is 0 Å². The van der Waals surface area contributed by atoms with Crippen LogP contribution in [0.3, 0.4) is 0 Å². The summed E-state index contributed by atoms with van der Waals surface area (Å²) >= 11 is 6.87. The molecule has 0 saturated carbocycles. The summed E-state index contributed by atoms with van der Waals surface area (Å²) in [5.74, 6) is 0. The zero-order valence-electron chi connectivity index (χ0n) is 8.81. The quantitative estimate of drug-likeness (QED) is 0.584. The molecule has 0 spiro atoms. The number of nitrogens with one attached hydrogen (secondary N) is 1. The standard InChI is InChI=1S/C12H17Br2N/c13-8-2-1-3-9-15-10-11-4-6-12(14)7-5-11/h4-7,15H,1-3,8-10H2. The Hall–Kier alpha value is 0.140. The first-order valence-corrected chi connectivity index (χ1v) is 7.25. The van der Waals surface area contributed by atoms with E-state index < -0.39 is 0 Å². The lowest BCUT2D eigenvalue weighted by atomic mass is 10.2. The highest BCUT2D eigenvalue weighted by Crippen LogP contribution is 2.10. The second-order valence-corrected chi connectivity index (χ2v) is 5.26. The molecule has 0 aliphatic rings. The Bertz CT molecular complexity index is 259. The third kappa shape index (κ3) is 6.33. The van der Waals surface area contributed by atoms with Crippen LogP contribution in [0.1, 0.15) is 24.8 Å². The first-order valence-electron chi connectivity index (χ1n) is 5.34. The van der Waals surface area contributed by atoms with Gasteiger partial charge in [-0.15, -0.1) is 0 Å². The molecule has 0 saturated heterocycles. The van der Waals surface area contributed by atoms with E-state index in [2.05, 4.69) is 61.4 Å². The maximum absolute atomic E-state index is 3.45. The lowest BCUT2D eigenvalue weighted by molar-refractivity contribution is 0.619. The van der Waals surface area contributed by atoms with Crippen molar-refractivity contribution in [1.29, 1.82) is 0 Å². The molecule has 0 unspecified atom stereocenters. The van der Waals surface area contributed by atoms with Crippen LogP contribution in [-0.4, -0.2) is 11.9 Å². The van der Waals surface area contributed by atoms with Crippen molar-refractivity contribution < 1.29 is 0 Å². The van der Waals surface area contributed by atoms with Gasteiger partial charge in [0.1, 0.15) is 0 Å². The van der Waals surface area contributed by atoms with Gasteiger partial charge in [-0.1, -0.05) is 50.4 Å². The molecule has 0 aromatic heterocycles. The SMILES string of the molecule is BrCCCCCNCc1ccc(Br)cc1. The average Bonchev–Trinajstić information content (AvgIpc) is 2.26. The molecule has 1 nitrogen and oxygen atoms in total. The van der Waals surface area contributed by atoms with Crippen LogP contribution in [-0.2, 0) is 6.54 Å². The van der Waals surface area contributed by atoms with Crippen molar-refractivity contribution in [2.45, 2.75) is 25.8 Å². The molecule has 1 rings (SSSR count). The molecule has 0 radical (unpaired) electrons. The zero-order chi connectivity index (χ0) is 10.9. The van der Waals surface area contributed by atoms with Crippen LogP contribution in [0.5, 0.6) is 0 Å². The van der Waals surface area contributed by atoms with Gasteiger partial charge in [0, 0.05) is 16.3 Å². The molecule has 3 heteroatoms. The molecule has 0 bridgehead atoms. The number of hydrogen-bond donors (Lipinski definition) is 1. The predicted octanol–water partition coefficient (Wildman–Crippen LogP) is 4.10. The molecule has 15 heavy (non-hydrogen) atoms. The Morgan fingerprint density at radius 1 is 1.00 bits per heavy atom. The van der Waals surface area contributed by atoms with Crippen molar-refractivity contribution in [3.63, 3.8) is 0 Å². The molecule has 0 heterocycles. The van der Waals surface area contributed by atoms with Gasteiger partial charge in [0.05, 0.1) is 0 Å². The van der Waals surface area contributed by atoms with Crippen molar-refractivity contribution >= 4 is 31.9 Å². The number of rotatable bonds is 7. The van der Waals surface area contributed by atoms with Crippen molar-refractivity contribution in [3.8, 4) is 0 Å². The fourth-order valence-electron chi connectivity index (χ4n) is 1.36. The predicted molar refractivity (Wildman–Crippen MR) is 73.5 cm³/mol. The number of benzene rings is 1. The van der Waals surface area contributed by atoms with E-state index in [1.54, 1.807) is 0 Å². The summed E-state index contributed by atoms with van der Waals surface area (Å²) in [7, 11) is 0. The topological polar surface area (TPSA) is 12.0 Å². The number of halogens is 2. The third-order valence-corrected chi connectivity index (χ3v) is 3.32. The third-order valence-electron chi connectivity index (χ3n) is 2.23. The summed E-state index contributed by atoms with van der Waals surface area (Å²) in [6.07, 6.45) is 3.85. The fraction of sp³-hybridized carbons (Fsp3) is 0.500. The molecule has 1 aromatic carbocycles. The largest absolute Gasteiger partial charge is 0.313 e. The minimum Gasteiger partial charge on any atom is -0.313 e. The Labute approximate surface area is 109 Å². The summed E-state index contributed by atoms with van der Waals surface area (Å²) < 4.78 is 1.14. The van der Waals surface area contributed by atoms with Gasteiger partial charge in [-0.25, -0.2) is 0 Å². The van der Waals surface area contributed by atoms with Crippen LogP contribution >= 0.6 is 31.9 Å². The summed E-state index contributed by atoms with van der Waals surface area (Å²) in [6, 6.07) is 8.47. The molecule has 0 aliphatic heterocycles. The highest BCUT2D eigenvalue weighted by atomic mass is 79.9. The first kappa shape index (κ1) is 13.2. The molecule has 0 aliphatic carbocycles. The van der Waals surface area contributed by atoms with Crippen LogP contribution < -0.4 is 5.32 Å². The fourth-order valence-corrected chi connectivity index (χ4v) is 2.02. The highest BCUT2D eigenvalue weighted by Gasteiger charge is 1.92. The molecule has 0 fully saturated rings. The van der Waals surface area contributed by atoms with Gasteiger partial charge in [0.15, 0.2) is 0 Å². The van der Waals surface area contributed by atoms with Crippen molar-refractivity contribution in [3.05, 3.63) is 34.3 Å². The van der Waals surface area contributed by atoms with Crippen LogP contribution in [0, 0.1) is 0 Å². The number of alkyl halides is 1. The van der Waals surface area contributed by atoms with Crippen LogP contribution in [0.4, 0.5) is 0 Å². The normalized spacial score (nSPS) is 10.5. The second kappa shape index (κ2) is 8.31. The first-order chi connectivity index (χ1) is 7.33. The average molecular weight is 335 g/mol. The van der Waals surface area contributed by atoms with Crippen molar-refractivity contribution in [2.75, 3.05) is 11.9 Å². The van der Waals surface area contributed by atoms with E-state index in [1.165, 1.54) is 24.8 Å². The van der Waals surface area contributed by atoms with Gasteiger partial charge in [-0.3, -0.25) is 0 Å². The Morgan fingerprint density at radius 3 is 2.40 bits per heavy atom. The lowest BCUT2D eigenvalue weighted by Crippen LogP contribution is -2.14. The smallest absolute Gasteiger partial charge is 0.0205 e. The lowest BCUT2D eigenvalue weighted by Gasteiger charge is -2.04. The number of hydrogen-bond acceptors (Lipinski definition) is 1. The van der Waals surface area contributed by atoms with Gasteiger partial charge >= 0.3 is 0 Å². The van der Waals surface area contributed by atoms with E-state index in [1.807, 2.05) is 0 Å². The monoisotopic (exact) mass is 333 g/mol. The van der Waals surface area contributed by atoms with Gasteiger partial charge < -0.3 is 5.32 Å². The summed E-state index contributed by atoms with van der Waals surface area (Å²) in [5, 5.41) is 4.57. The highest BCUT2D eigenvalue weighted by molar-refractivity contribution is 9.10. The summed E-state index contributed by atoms with van der Waals surface area (Å²) in [4.78, 5) is 0. The van der Waals surface area contributed by atoms with E-state index in [0.29, 0.717) is 0 Å². The van der Waals surface area contributed by atoms with E-state index in [4.69, 9.17) is 0 Å². The number of unbranched alkanes of at least 4 members (excludes halogenated alkanes) is 2. The van der Waals surface area contributed by atoms with Crippen LogP contribution in [0.2, 0.25) is 0 Å². The van der Waals surface area contributed by atoms with Crippen molar-refractivity contribution in [1.82, 2.24) is 5.32 Å². The summed E-state index contributed by atoms with van der Waals surface area (Å²) in [6.45, 7) is 2.09. The molecule has 0 amide bonds. The van der Waals surface area contributed by atoms with Gasteiger partial charge in [-0.2, -0.15) is 0 Å². The zero-order valence-corrected chi connectivity index (χ0v) is 12.0. The molecule has 84 valence electrons. The minimum absolute atomic E-state index is 0.974. The minimum atomic E-state index is 0.974. The van der Waals surface area contributed by atoms with Gasteiger partial charge in [0.2, 0.25) is 0 Å². The molecule has 1 aromatic rings. The van der Waals surface area contributed by atoms with E-state index in [-0.39, 0.29) is 0 Å². The molecular formula is C12H17Br2N. The maximum atomic E-state index is 3.45.